The smallest absolute Gasteiger partial charge is 0.252 e. The lowest BCUT2D eigenvalue weighted by atomic mass is 10.1. The van der Waals surface area contributed by atoms with E-state index in [4.69, 9.17) is 0 Å². The minimum absolute atomic E-state index is 0.0627. The number of aryl methyl sites for hydroxylation is 2. The van der Waals surface area contributed by atoms with E-state index < -0.39 is 10.0 Å². The van der Waals surface area contributed by atoms with Crippen molar-refractivity contribution < 1.29 is 8.42 Å². The summed E-state index contributed by atoms with van der Waals surface area (Å²) in [6.07, 6.45) is 0. The third-order valence-corrected chi connectivity index (χ3v) is 8.88. The molecule has 3 heterocycles. The molecule has 5 rings (SSSR count). The number of nitrogens with zero attached hydrogens (tertiary/aromatic N) is 3. The number of hydrogen-bond acceptors (Lipinski definition) is 7. The highest BCUT2D eigenvalue weighted by Gasteiger charge is 2.30. The van der Waals surface area contributed by atoms with Gasteiger partial charge in [0.05, 0.1) is 11.7 Å². The largest absolute Gasteiger partial charge is 0.322 e. The second kappa shape index (κ2) is 8.45. The lowest BCUT2D eigenvalue weighted by Crippen LogP contribution is -2.33. The van der Waals surface area contributed by atoms with Crippen molar-refractivity contribution in [3.05, 3.63) is 85.8 Å². The first-order valence-electron chi connectivity index (χ1n) is 10.2. The molecule has 7 nitrogen and oxygen atoms in total. The maximum absolute atomic E-state index is 14.0. The Morgan fingerprint density at radius 1 is 1.03 bits per heavy atom. The zero-order valence-electron chi connectivity index (χ0n) is 17.9. The molecule has 2 aromatic carbocycles. The van der Waals surface area contributed by atoms with E-state index in [0.717, 1.165) is 33.1 Å². The number of sulfonamides is 1. The van der Waals surface area contributed by atoms with Crippen molar-refractivity contribution in [3.8, 4) is 0 Å². The van der Waals surface area contributed by atoms with E-state index in [0.29, 0.717) is 22.2 Å². The number of H-pyrrole nitrogens is 1. The van der Waals surface area contributed by atoms with Crippen LogP contribution in [0.3, 0.4) is 0 Å². The molecule has 5 aromatic rings. The number of pyridine rings is 1. The van der Waals surface area contributed by atoms with Crippen molar-refractivity contribution >= 4 is 55.0 Å². The molecule has 0 aliphatic heterocycles. The number of hydrogen-bond donors (Lipinski definition) is 1. The van der Waals surface area contributed by atoms with Crippen LogP contribution in [-0.4, -0.2) is 26.5 Å². The summed E-state index contributed by atoms with van der Waals surface area (Å²) in [6.45, 7) is 3.81. The van der Waals surface area contributed by atoms with Gasteiger partial charge in [-0.25, -0.2) is 8.42 Å². The molecule has 1 N–H and O–H groups in total. The van der Waals surface area contributed by atoms with Crippen LogP contribution in [0.25, 0.3) is 21.9 Å². The molecule has 0 aliphatic rings. The summed E-state index contributed by atoms with van der Waals surface area (Å²) in [5, 5.41) is 2.77. The first-order valence-corrected chi connectivity index (χ1v) is 13.2. The molecule has 0 fully saturated rings. The number of nitrogens with one attached hydrogen (secondary N) is 1. The van der Waals surface area contributed by atoms with Gasteiger partial charge in [-0.05, 0) is 60.5 Å². The van der Waals surface area contributed by atoms with Gasteiger partial charge >= 0.3 is 0 Å². The van der Waals surface area contributed by atoms with Crippen LogP contribution in [0.15, 0.2) is 63.6 Å². The predicted octanol–water partition coefficient (Wildman–Crippen LogP) is 4.60. The van der Waals surface area contributed by atoms with E-state index in [1.807, 2.05) is 42.6 Å². The highest BCUT2D eigenvalue weighted by Crippen LogP contribution is 2.30. The predicted molar refractivity (Wildman–Crippen MR) is 132 cm³/mol. The van der Waals surface area contributed by atoms with Gasteiger partial charge in [0.2, 0.25) is 10.0 Å². The van der Waals surface area contributed by atoms with E-state index in [9.17, 15) is 13.2 Å². The second-order valence-electron chi connectivity index (χ2n) is 7.91. The van der Waals surface area contributed by atoms with Crippen LogP contribution in [0.5, 0.6) is 0 Å². The number of fused-ring (bicyclic) bond motifs is 2. The molecule has 0 unspecified atom stereocenters. The lowest BCUT2D eigenvalue weighted by Gasteiger charge is -2.23. The highest BCUT2D eigenvalue weighted by atomic mass is 32.2. The van der Waals surface area contributed by atoms with E-state index >= 15 is 0 Å². The van der Waals surface area contributed by atoms with Crippen LogP contribution in [-0.2, 0) is 23.1 Å². The Morgan fingerprint density at radius 2 is 1.88 bits per heavy atom. The molecule has 0 amide bonds. The van der Waals surface area contributed by atoms with Crippen LogP contribution >= 0.6 is 23.1 Å². The van der Waals surface area contributed by atoms with Crippen LogP contribution < -0.4 is 5.56 Å². The SMILES string of the molecule is Cc1ccc2[nH]c(=O)c(CN(Cc3cccs3)S(=O)(=O)c3c(C)ccc4nsnc34)cc2c1. The van der Waals surface area contributed by atoms with Gasteiger partial charge in [0.15, 0.2) is 0 Å². The highest BCUT2D eigenvalue weighted by molar-refractivity contribution is 7.89. The lowest BCUT2D eigenvalue weighted by molar-refractivity contribution is 0.403. The fraction of sp³-hybridized carbons (Fsp3) is 0.174. The summed E-state index contributed by atoms with van der Waals surface area (Å²) in [5.41, 5.74) is 3.35. The summed E-state index contributed by atoms with van der Waals surface area (Å²) in [7, 11) is -3.99. The summed E-state index contributed by atoms with van der Waals surface area (Å²) < 4.78 is 37.8. The van der Waals surface area contributed by atoms with Crippen LogP contribution in [0.4, 0.5) is 0 Å². The molecule has 168 valence electrons. The summed E-state index contributed by atoms with van der Waals surface area (Å²) >= 11 is 2.46. The topological polar surface area (TPSA) is 96.0 Å². The number of aromatic amines is 1. The molecular formula is C23H20N4O3S3. The molecule has 0 saturated carbocycles. The summed E-state index contributed by atoms with van der Waals surface area (Å²) in [4.78, 5) is 16.8. The molecule has 0 bridgehead atoms. The van der Waals surface area contributed by atoms with Crippen molar-refractivity contribution in [2.45, 2.75) is 31.8 Å². The van der Waals surface area contributed by atoms with E-state index in [1.54, 1.807) is 25.1 Å². The fourth-order valence-corrected chi connectivity index (χ4v) is 7.01. The average molecular weight is 497 g/mol. The van der Waals surface area contributed by atoms with Gasteiger partial charge < -0.3 is 4.98 Å². The van der Waals surface area contributed by atoms with Crippen molar-refractivity contribution in [1.82, 2.24) is 18.0 Å². The monoisotopic (exact) mass is 496 g/mol. The van der Waals surface area contributed by atoms with Crippen LogP contribution in [0, 0.1) is 13.8 Å². The first kappa shape index (κ1) is 21.9. The van der Waals surface area contributed by atoms with Crippen molar-refractivity contribution in [2.24, 2.45) is 0 Å². The molecule has 0 atom stereocenters. The minimum Gasteiger partial charge on any atom is -0.322 e. The number of thiophene rings is 1. The van der Waals surface area contributed by atoms with Gasteiger partial charge in [0.25, 0.3) is 5.56 Å². The zero-order chi connectivity index (χ0) is 23.2. The molecule has 33 heavy (non-hydrogen) atoms. The van der Waals surface area contributed by atoms with E-state index in [2.05, 4.69) is 13.7 Å². The van der Waals surface area contributed by atoms with Gasteiger partial charge in [0.1, 0.15) is 15.9 Å². The number of benzene rings is 2. The van der Waals surface area contributed by atoms with Gasteiger partial charge in [-0.1, -0.05) is 23.8 Å². The maximum Gasteiger partial charge on any atom is 0.252 e. The van der Waals surface area contributed by atoms with Gasteiger partial charge in [0, 0.05) is 29.0 Å². The zero-order valence-corrected chi connectivity index (χ0v) is 20.4. The van der Waals surface area contributed by atoms with Crippen molar-refractivity contribution in [1.29, 1.82) is 0 Å². The van der Waals surface area contributed by atoms with E-state index in [-0.39, 0.29) is 23.5 Å². The van der Waals surface area contributed by atoms with Crippen molar-refractivity contribution in [3.63, 3.8) is 0 Å². The van der Waals surface area contributed by atoms with E-state index in [1.165, 1.54) is 15.6 Å². The number of aromatic nitrogens is 3. The molecule has 3 aromatic heterocycles. The normalized spacial score (nSPS) is 12.2. The Kier molecular flexibility index (Phi) is 5.61. The Bertz CT molecular complexity index is 1640. The van der Waals surface area contributed by atoms with Crippen LogP contribution in [0.1, 0.15) is 21.6 Å². The fourth-order valence-electron chi connectivity index (χ4n) is 3.86. The molecule has 10 heteroatoms. The maximum atomic E-state index is 14.0. The van der Waals surface area contributed by atoms with Gasteiger partial charge in [-0.15, -0.1) is 11.3 Å². The Balaban J connectivity index is 1.64. The Labute approximate surface area is 198 Å². The third-order valence-electron chi connectivity index (χ3n) is 5.51. The second-order valence-corrected chi connectivity index (χ2v) is 11.3. The van der Waals surface area contributed by atoms with Crippen molar-refractivity contribution in [2.75, 3.05) is 0 Å². The first-order chi connectivity index (χ1) is 15.8. The minimum atomic E-state index is -3.99. The number of rotatable bonds is 6. The molecule has 0 aliphatic carbocycles. The standard InChI is InChI=1S/C23H20N4O3S3/c1-14-5-7-19-16(10-14)11-17(23(28)24-19)12-27(13-18-4-3-9-31-18)33(29,30)22-15(2)6-8-20-21(22)26-32-25-20/h3-11H,12-13H2,1-2H3,(H,24,28). The van der Waals surface area contributed by atoms with Crippen LogP contribution in [0.2, 0.25) is 0 Å². The molecule has 0 spiro atoms. The summed E-state index contributed by atoms with van der Waals surface area (Å²) in [6, 6.07) is 14.8. The molecule has 0 saturated heterocycles. The quantitative estimate of drug-likeness (QED) is 0.371. The molecular weight excluding hydrogens is 476 g/mol. The third kappa shape index (κ3) is 4.10. The van der Waals surface area contributed by atoms with Gasteiger partial charge in [-0.2, -0.15) is 13.1 Å². The average Bonchev–Trinajstić information content (AvgIpc) is 3.45. The van der Waals surface area contributed by atoms with Gasteiger partial charge in [-0.3, -0.25) is 4.79 Å². The molecule has 0 radical (unpaired) electrons. The Morgan fingerprint density at radius 3 is 2.67 bits per heavy atom. The summed E-state index contributed by atoms with van der Waals surface area (Å²) in [5.74, 6) is 0. The Hall–Kier alpha value is -2.92.